The Hall–Kier alpha value is -2.10. The predicted octanol–water partition coefficient (Wildman–Crippen LogP) is 5.47. The molecule has 9 heteroatoms. The van der Waals surface area contributed by atoms with Crippen LogP contribution < -0.4 is 9.80 Å². The Balaban J connectivity index is 1.05. The summed E-state index contributed by atoms with van der Waals surface area (Å²) in [5.74, 6) is 1.80. The maximum Gasteiger partial charge on any atom is 0.209 e. The molecule has 2 unspecified atom stereocenters. The number of hydrogen-bond acceptors (Lipinski definition) is 9. The number of fused-ring (bicyclic) bond motifs is 4. The molecule has 1 aromatic carbocycles. The second-order valence-corrected chi connectivity index (χ2v) is 12.7. The first-order valence-corrected chi connectivity index (χ1v) is 15.1. The van der Waals surface area contributed by atoms with Crippen molar-refractivity contribution in [1.82, 2.24) is 23.6 Å². The lowest BCUT2D eigenvalue weighted by molar-refractivity contribution is 0.103. The number of likely N-dealkylation sites (tertiary alicyclic amines) is 1. The van der Waals surface area contributed by atoms with Gasteiger partial charge in [-0.15, -0.1) is 0 Å². The van der Waals surface area contributed by atoms with Gasteiger partial charge in [0.2, 0.25) is 10.3 Å². The number of anilines is 3. The molecule has 0 radical (unpaired) electrons. The Morgan fingerprint density at radius 2 is 1.36 bits per heavy atom. The van der Waals surface area contributed by atoms with Crippen LogP contribution in [0, 0.1) is 13.8 Å². The molecule has 3 aromatic rings. The van der Waals surface area contributed by atoms with Gasteiger partial charge < -0.3 is 14.7 Å². The molecule has 2 atom stereocenters. The van der Waals surface area contributed by atoms with E-state index in [1.807, 2.05) is 13.8 Å². The van der Waals surface area contributed by atoms with Crippen LogP contribution >= 0.6 is 23.1 Å². The quantitative estimate of drug-likeness (QED) is 0.453. The van der Waals surface area contributed by atoms with E-state index in [0.29, 0.717) is 12.1 Å². The second kappa shape index (κ2) is 9.03. The fourth-order valence-electron chi connectivity index (χ4n) is 7.45. The highest BCUT2D eigenvalue weighted by atomic mass is 32.1. The van der Waals surface area contributed by atoms with Crippen molar-refractivity contribution in [3.05, 3.63) is 41.5 Å². The number of hydrogen-bond donors (Lipinski definition) is 0. The molecule has 0 aliphatic carbocycles. The molecule has 7 nitrogen and oxygen atoms in total. The van der Waals surface area contributed by atoms with Crippen LogP contribution in [-0.4, -0.2) is 61.4 Å². The van der Waals surface area contributed by atoms with Gasteiger partial charge in [0.25, 0.3) is 0 Å². The van der Waals surface area contributed by atoms with Gasteiger partial charge in [-0.25, -0.2) is 9.97 Å². The van der Waals surface area contributed by atoms with Gasteiger partial charge >= 0.3 is 0 Å². The topological polar surface area (TPSA) is 61.3 Å². The number of piperidine rings is 1. The van der Waals surface area contributed by atoms with Gasteiger partial charge in [0.1, 0.15) is 11.6 Å². The first kappa shape index (κ1) is 23.0. The zero-order chi connectivity index (χ0) is 24.3. The van der Waals surface area contributed by atoms with E-state index in [2.05, 4.69) is 47.7 Å². The van der Waals surface area contributed by atoms with E-state index in [1.165, 1.54) is 87.2 Å². The zero-order valence-electron chi connectivity index (χ0n) is 21.3. The van der Waals surface area contributed by atoms with Crippen molar-refractivity contribution >= 4 is 39.0 Å². The number of rotatable bonds is 3. The second-order valence-electron chi connectivity index (χ2n) is 11.3. The highest BCUT2D eigenvalue weighted by Crippen LogP contribution is 2.50. The molecule has 4 aliphatic rings. The Kier molecular flexibility index (Phi) is 5.78. The molecule has 0 N–H and O–H groups in total. The SMILES string of the molecule is Cc1nsc(N2CC3(CCN(C4CCC5CCC(CC4)N5c4nc(C)ns4)CC3)c3ccccc32)n1. The van der Waals surface area contributed by atoms with Crippen LogP contribution in [0.3, 0.4) is 0 Å². The molecule has 3 saturated heterocycles. The molecule has 2 aromatic heterocycles. The molecule has 4 aliphatic heterocycles. The monoisotopic (exact) mass is 521 g/mol. The van der Waals surface area contributed by atoms with E-state index in [9.17, 15) is 0 Å². The molecule has 6 heterocycles. The fraction of sp³-hybridized carbons (Fsp3) is 0.630. The van der Waals surface area contributed by atoms with Gasteiger partial charge in [-0.05, 0) is 89.9 Å². The molecule has 7 rings (SSSR count). The van der Waals surface area contributed by atoms with Crippen LogP contribution in [0.25, 0.3) is 0 Å². The summed E-state index contributed by atoms with van der Waals surface area (Å²) in [6.07, 6.45) is 10.3. The maximum atomic E-state index is 4.76. The lowest BCUT2D eigenvalue weighted by Gasteiger charge is -2.44. The summed E-state index contributed by atoms with van der Waals surface area (Å²) in [6.45, 7) is 7.46. The Morgan fingerprint density at radius 3 is 1.97 bits per heavy atom. The van der Waals surface area contributed by atoms with Crippen LogP contribution in [0.1, 0.15) is 68.6 Å². The largest absolute Gasteiger partial charge is 0.341 e. The van der Waals surface area contributed by atoms with Crippen LogP contribution in [0.4, 0.5) is 16.0 Å². The lowest BCUT2D eigenvalue weighted by atomic mass is 9.74. The van der Waals surface area contributed by atoms with E-state index >= 15 is 0 Å². The van der Waals surface area contributed by atoms with Gasteiger partial charge in [0.15, 0.2) is 0 Å². The number of benzene rings is 1. The summed E-state index contributed by atoms with van der Waals surface area (Å²) in [5.41, 5.74) is 3.10. The fourth-order valence-corrected chi connectivity index (χ4v) is 8.96. The minimum Gasteiger partial charge on any atom is -0.341 e. The van der Waals surface area contributed by atoms with Gasteiger partial charge in [-0.2, -0.15) is 8.75 Å². The molecule has 2 bridgehead atoms. The van der Waals surface area contributed by atoms with Gasteiger partial charge in [0.05, 0.1) is 0 Å². The molecule has 1 spiro atoms. The molecular formula is C27H35N7S2. The molecule has 36 heavy (non-hydrogen) atoms. The van der Waals surface area contributed by atoms with E-state index in [4.69, 9.17) is 9.97 Å². The summed E-state index contributed by atoms with van der Waals surface area (Å²) in [4.78, 5) is 17.4. The number of aryl methyl sites for hydroxylation is 2. The van der Waals surface area contributed by atoms with E-state index in [1.54, 1.807) is 11.5 Å². The van der Waals surface area contributed by atoms with Gasteiger partial charge in [0, 0.05) is 58.8 Å². The van der Waals surface area contributed by atoms with E-state index in [-0.39, 0.29) is 5.41 Å². The maximum absolute atomic E-state index is 4.76. The van der Waals surface area contributed by atoms with Crippen molar-refractivity contribution < 1.29 is 0 Å². The molecule has 3 fully saturated rings. The number of nitrogens with zero attached hydrogens (tertiary/aromatic N) is 7. The number of aromatic nitrogens is 4. The van der Waals surface area contributed by atoms with E-state index < -0.39 is 0 Å². The highest BCUT2D eigenvalue weighted by Gasteiger charge is 2.47. The Morgan fingerprint density at radius 1 is 0.778 bits per heavy atom. The summed E-state index contributed by atoms with van der Waals surface area (Å²) >= 11 is 3.13. The van der Waals surface area contributed by atoms with Crippen LogP contribution in [0.5, 0.6) is 0 Å². The van der Waals surface area contributed by atoms with Crippen molar-refractivity contribution in [3.8, 4) is 0 Å². The van der Waals surface area contributed by atoms with Crippen molar-refractivity contribution in [3.63, 3.8) is 0 Å². The Bertz CT molecular complexity index is 1210. The van der Waals surface area contributed by atoms with Crippen molar-refractivity contribution in [2.24, 2.45) is 0 Å². The number of para-hydroxylation sites is 1. The normalized spacial score (nSPS) is 27.9. The van der Waals surface area contributed by atoms with E-state index in [0.717, 1.165) is 34.5 Å². The average Bonchev–Trinajstić information content (AvgIpc) is 3.66. The first-order valence-electron chi connectivity index (χ1n) is 13.6. The van der Waals surface area contributed by atoms with Crippen molar-refractivity contribution in [1.29, 1.82) is 0 Å². The molecular weight excluding hydrogens is 486 g/mol. The third-order valence-electron chi connectivity index (χ3n) is 9.27. The van der Waals surface area contributed by atoms with Crippen LogP contribution in [0.2, 0.25) is 0 Å². The van der Waals surface area contributed by atoms with Crippen LogP contribution in [0.15, 0.2) is 24.3 Å². The minimum absolute atomic E-state index is 0.236. The molecule has 190 valence electrons. The summed E-state index contributed by atoms with van der Waals surface area (Å²) < 4.78 is 8.95. The summed E-state index contributed by atoms with van der Waals surface area (Å²) in [5, 5.41) is 2.21. The molecule has 0 amide bonds. The smallest absolute Gasteiger partial charge is 0.209 e. The van der Waals surface area contributed by atoms with Gasteiger partial charge in [-0.3, -0.25) is 0 Å². The summed E-state index contributed by atoms with van der Waals surface area (Å²) in [7, 11) is 0. The highest BCUT2D eigenvalue weighted by molar-refractivity contribution is 7.10. The first-order chi connectivity index (χ1) is 17.6. The molecule has 0 saturated carbocycles. The minimum atomic E-state index is 0.236. The zero-order valence-corrected chi connectivity index (χ0v) is 22.9. The summed E-state index contributed by atoms with van der Waals surface area (Å²) in [6, 6.07) is 11.1. The van der Waals surface area contributed by atoms with Crippen LogP contribution in [-0.2, 0) is 5.41 Å². The lowest BCUT2D eigenvalue weighted by Crippen LogP contribution is -2.50. The van der Waals surface area contributed by atoms with Gasteiger partial charge in [-0.1, -0.05) is 18.2 Å². The average molecular weight is 522 g/mol. The Labute approximate surface area is 221 Å². The van der Waals surface area contributed by atoms with Crippen molar-refractivity contribution in [2.75, 3.05) is 29.4 Å². The third-order valence-corrected chi connectivity index (χ3v) is 10.9. The van der Waals surface area contributed by atoms with Crippen molar-refractivity contribution in [2.45, 2.75) is 88.8 Å². The predicted molar refractivity (Wildman–Crippen MR) is 147 cm³/mol. The third kappa shape index (κ3) is 3.85. The standard InChI is InChI=1S/C27H35N7S2/c1-18-28-25(35-30-18)33-17-27(23-5-3-4-6-24(23)33)13-15-32(16-14-27)20-7-9-21-11-12-22(10-8-20)34(21)26-29-19(2)31-36-26/h3-6,20-22H,7-17H2,1-2H3.